The Labute approximate surface area is 342 Å². The molecule has 0 atom stereocenters. The summed E-state index contributed by atoms with van der Waals surface area (Å²) in [5, 5.41) is 4.07. The molecule has 0 spiro atoms. The first-order valence-corrected chi connectivity index (χ1v) is 20.1. The van der Waals surface area contributed by atoms with E-state index in [9.17, 15) is 26.3 Å². The zero-order valence-corrected chi connectivity index (χ0v) is 34.5. The maximum atomic E-state index is 13.1. The Morgan fingerprint density at radius 3 is 1.41 bits per heavy atom. The number of hydrogen-bond acceptors (Lipinski definition) is 4. The van der Waals surface area contributed by atoms with Gasteiger partial charge in [0, 0.05) is 18.4 Å². The van der Waals surface area contributed by atoms with Crippen molar-refractivity contribution in [1.29, 1.82) is 0 Å². The van der Waals surface area contributed by atoms with E-state index in [0.717, 1.165) is 87.7 Å². The Morgan fingerprint density at radius 1 is 0.589 bits per heavy atom. The molecule has 2 aliphatic heterocycles. The van der Waals surface area contributed by atoms with E-state index in [1.165, 1.54) is 24.3 Å². The van der Waals surface area contributed by atoms with E-state index >= 15 is 0 Å². The summed E-state index contributed by atoms with van der Waals surface area (Å²) in [6.45, 7) is 9.08. The number of rotatable bonds is 11. The molecule has 6 rings (SSSR count). The fraction of sp³-hybridized carbons (Fsp3) is 0.455. The summed E-state index contributed by atoms with van der Waals surface area (Å²) in [4.78, 5) is 2.33. The summed E-state index contributed by atoms with van der Waals surface area (Å²) < 4.78 is 88.8. The lowest BCUT2D eigenvalue weighted by molar-refractivity contribution is -0.139. The summed E-state index contributed by atoms with van der Waals surface area (Å²) in [7, 11) is 0. The number of nitrogens with zero attached hydrogens (tertiary/aromatic N) is 1. The third-order valence-corrected chi connectivity index (χ3v) is 10.5. The van der Waals surface area contributed by atoms with Crippen LogP contribution in [0.3, 0.4) is 0 Å². The molecule has 4 aromatic rings. The Balaban J connectivity index is 0.000000245. The van der Waals surface area contributed by atoms with E-state index in [1.807, 2.05) is 60.7 Å². The zero-order chi connectivity index (χ0) is 39.8. The lowest BCUT2D eigenvalue weighted by atomic mass is 9.93. The molecule has 2 saturated heterocycles. The predicted molar refractivity (Wildman–Crippen MR) is 219 cm³/mol. The molecular weight excluding hydrogens is 818 g/mol. The van der Waals surface area contributed by atoms with Gasteiger partial charge >= 0.3 is 12.4 Å². The van der Waals surface area contributed by atoms with Crippen molar-refractivity contribution < 1.29 is 35.8 Å². The van der Waals surface area contributed by atoms with Gasteiger partial charge < -0.3 is 19.7 Å². The number of piperidine rings is 2. The minimum atomic E-state index is -4.28. The number of halogens is 8. The van der Waals surface area contributed by atoms with Crippen molar-refractivity contribution in [2.45, 2.75) is 88.8 Å². The maximum absolute atomic E-state index is 13.1. The van der Waals surface area contributed by atoms with E-state index in [0.29, 0.717) is 30.4 Å². The Morgan fingerprint density at radius 2 is 0.982 bits per heavy atom. The molecule has 2 aliphatic rings. The van der Waals surface area contributed by atoms with Gasteiger partial charge in [0.1, 0.15) is 22.7 Å². The topological polar surface area (TPSA) is 33.7 Å². The highest BCUT2D eigenvalue weighted by atomic mass is 79.9. The van der Waals surface area contributed by atoms with Gasteiger partial charge in [-0.25, -0.2) is 0 Å². The molecule has 2 fully saturated rings. The van der Waals surface area contributed by atoms with Crippen molar-refractivity contribution in [3.05, 3.63) is 131 Å². The van der Waals surface area contributed by atoms with Crippen molar-refractivity contribution in [2.24, 2.45) is 0 Å². The number of para-hydroxylation sites is 2. The van der Waals surface area contributed by atoms with E-state index < -0.39 is 23.5 Å². The number of alkyl halides is 7. The van der Waals surface area contributed by atoms with Gasteiger partial charge in [0.25, 0.3) is 0 Å². The second kappa shape index (κ2) is 22.6. The zero-order valence-electron chi connectivity index (χ0n) is 32.1. The fourth-order valence-electron chi connectivity index (χ4n) is 6.74. The molecule has 0 saturated carbocycles. The van der Waals surface area contributed by atoms with Gasteiger partial charge in [-0.15, -0.1) is 12.4 Å². The molecule has 4 aromatic carbocycles. The van der Waals surface area contributed by atoms with E-state index in [2.05, 4.69) is 40.0 Å². The number of ether oxygens (including phenoxy) is 2. The summed E-state index contributed by atoms with van der Waals surface area (Å²) in [5.41, 5.74) is -0.417. The fourth-order valence-corrected chi connectivity index (χ4v) is 7.02. The third kappa shape index (κ3) is 15.9. The van der Waals surface area contributed by atoms with E-state index in [1.54, 1.807) is 18.2 Å². The van der Waals surface area contributed by atoms with Gasteiger partial charge in [-0.2, -0.15) is 26.3 Å². The summed E-state index contributed by atoms with van der Waals surface area (Å²) in [6.07, 6.45) is -2.16. The van der Waals surface area contributed by atoms with Crippen LogP contribution < -0.4 is 14.8 Å². The molecule has 0 aliphatic carbocycles. The molecule has 308 valence electrons. The van der Waals surface area contributed by atoms with Crippen LogP contribution in [0, 0.1) is 0 Å². The maximum Gasteiger partial charge on any atom is 0.416 e. The van der Waals surface area contributed by atoms with Crippen LogP contribution >= 0.6 is 28.3 Å². The Bertz CT molecular complexity index is 1680. The van der Waals surface area contributed by atoms with Crippen LogP contribution in [0.4, 0.5) is 26.3 Å². The van der Waals surface area contributed by atoms with Gasteiger partial charge in [0.15, 0.2) is 0 Å². The smallest absolute Gasteiger partial charge is 0.416 e. The number of benzene rings is 4. The van der Waals surface area contributed by atoms with Crippen molar-refractivity contribution >= 4 is 28.3 Å². The highest BCUT2D eigenvalue weighted by molar-refractivity contribution is 9.09. The molecule has 56 heavy (non-hydrogen) atoms. The van der Waals surface area contributed by atoms with Crippen LogP contribution in [0.1, 0.15) is 74.6 Å². The highest BCUT2D eigenvalue weighted by Crippen LogP contribution is 2.34. The molecule has 4 nitrogen and oxygen atoms in total. The van der Waals surface area contributed by atoms with Crippen molar-refractivity contribution in [3.63, 3.8) is 0 Å². The highest BCUT2D eigenvalue weighted by Gasteiger charge is 2.34. The van der Waals surface area contributed by atoms with Crippen LogP contribution in [0.5, 0.6) is 11.5 Å². The van der Waals surface area contributed by atoms with Crippen LogP contribution in [0.15, 0.2) is 109 Å². The Hall–Kier alpha value is -3.25. The minimum Gasteiger partial charge on any atom is -0.487 e. The van der Waals surface area contributed by atoms with Crippen LogP contribution in [-0.4, -0.2) is 54.2 Å². The number of hydrogen-bond donors (Lipinski definition) is 1. The summed E-state index contributed by atoms with van der Waals surface area (Å²) in [6, 6.07) is 31.5. The predicted octanol–water partition coefficient (Wildman–Crippen LogP) is 12.2. The van der Waals surface area contributed by atoms with Gasteiger partial charge in [0.2, 0.25) is 0 Å². The molecule has 0 bridgehead atoms. The second-order valence-corrected chi connectivity index (χ2v) is 15.3. The number of aryl methyl sites for hydroxylation is 2. The van der Waals surface area contributed by atoms with Gasteiger partial charge in [-0.1, -0.05) is 88.7 Å². The van der Waals surface area contributed by atoms with E-state index in [4.69, 9.17) is 9.47 Å². The third-order valence-electron chi connectivity index (χ3n) is 9.94. The number of nitrogens with one attached hydrogen (secondary N) is 1. The first-order valence-electron chi connectivity index (χ1n) is 19.0. The van der Waals surface area contributed by atoms with Gasteiger partial charge in [-0.05, 0) is 132 Å². The first-order chi connectivity index (χ1) is 26.2. The molecule has 0 amide bonds. The Kier molecular flexibility index (Phi) is 19.0. The quantitative estimate of drug-likeness (QED) is 0.120. The molecule has 1 N–H and O–H groups in total. The standard InChI is InChI=1S/C22H26F3NO.C12H17NO.C10H10BrF3.ClH/c1-21(27-19-10-3-2-4-11-19)13-16-26(17-14-21)15-7-9-18-8-5-6-12-20(18)22(23,24)25;1-12(7-9-13-10-8-12)14-11-5-3-2-4-6-11;11-7-3-5-8-4-1-2-6-9(8)10(12,13)14;/h2-6,8,10-12H,7,9,13-17H2,1H3;2-6,13H,7-10H2,1H3;1-2,4,6H,3,5,7H2;1H. The normalized spacial score (nSPS) is 16.5. The summed E-state index contributed by atoms with van der Waals surface area (Å²) >= 11 is 3.20. The molecular formula is C44H54BrClF6N2O2. The average molecular weight is 872 g/mol. The lowest BCUT2D eigenvalue weighted by Crippen LogP contribution is -2.46. The minimum absolute atomic E-state index is 0. The van der Waals surface area contributed by atoms with E-state index in [-0.39, 0.29) is 23.6 Å². The van der Waals surface area contributed by atoms with Crippen molar-refractivity contribution in [1.82, 2.24) is 10.2 Å². The van der Waals surface area contributed by atoms with Crippen molar-refractivity contribution in [2.75, 3.05) is 38.1 Å². The lowest BCUT2D eigenvalue weighted by Gasteiger charge is -2.39. The second-order valence-electron chi connectivity index (χ2n) is 14.5. The molecule has 0 aromatic heterocycles. The molecule has 12 heteroatoms. The molecule has 2 heterocycles. The largest absolute Gasteiger partial charge is 0.487 e. The first kappa shape index (κ1) is 47.1. The van der Waals surface area contributed by atoms with Gasteiger partial charge in [0.05, 0.1) is 11.1 Å². The SMILES string of the molecule is CC1(Oc2ccccc2)CCN(CCCc2ccccc2C(F)(F)F)CC1.CC1(Oc2ccccc2)CCNCC1.Cl.FC(F)(F)c1ccccc1CCCBr. The molecule has 0 unspecified atom stereocenters. The molecule has 0 radical (unpaired) electrons. The monoisotopic (exact) mass is 870 g/mol. The van der Waals surface area contributed by atoms with Crippen LogP contribution in [0.2, 0.25) is 0 Å². The average Bonchev–Trinajstić information content (AvgIpc) is 3.16. The van der Waals surface area contributed by atoms with Crippen molar-refractivity contribution in [3.8, 4) is 11.5 Å². The summed E-state index contributed by atoms with van der Waals surface area (Å²) in [5.74, 6) is 1.87. The van der Waals surface area contributed by atoms with Crippen LogP contribution in [0.25, 0.3) is 0 Å². The van der Waals surface area contributed by atoms with Gasteiger partial charge in [-0.3, -0.25) is 0 Å². The van der Waals surface area contributed by atoms with Crippen LogP contribution in [-0.2, 0) is 25.2 Å². The number of likely N-dealkylation sites (tertiary alicyclic amines) is 1.